The van der Waals surface area contributed by atoms with E-state index in [1.165, 1.54) is 0 Å². The van der Waals surface area contributed by atoms with E-state index in [1.807, 2.05) is 19.2 Å². The molecule has 3 nitrogen and oxygen atoms in total. The third kappa shape index (κ3) is 5.27. The van der Waals surface area contributed by atoms with Crippen molar-refractivity contribution in [2.75, 3.05) is 27.3 Å². The average Bonchev–Trinajstić information content (AvgIpc) is 2.39. The van der Waals surface area contributed by atoms with Crippen molar-refractivity contribution < 1.29 is 9.13 Å². The Morgan fingerprint density at radius 3 is 2.79 bits per heavy atom. The molecular formula is C15H25FN2O. The van der Waals surface area contributed by atoms with Crippen LogP contribution in [0.25, 0.3) is 0 Å². The smallest absolute Gasteiger partial charge is 0.127 e. The second-order valence-corrected chi connectivity index (χ2v) is 4.93. The third-order valence-electron chi connectivity index (χ3n) is 3.27. The lowest BCUT2D eigenvalue weighted by Gasteiger charge is -2.24. The van der Waals surface area contributed by atoms with Crippen LogP contribution in [0.1, 0.15) is 25.0 Å². The number of ether oxygens (including phenoxy) is 1. The molecule has 1 N–H and O–H groups in total. The predicted octanol–water partition coefficient (Wildman–Crippen LogP) is 2.40. The first-order valence-electron chi connectivity index (χ1n) is 6.75. The van der Waals surface area contributed by atoms with E-state index in [1.54, 1.807) is 13.2 Å². The lowest BCUT2D eigenvalue weighted by molar-refractivity contribution is 0.111. The molecule has 0 spiro atoms. The summed E-state index contributed by atoms with van der Waals surface area (Å²) in [6.45, 7) is 7.07. The lowest BCUT2D eigenvalue weighted by atomic mass is 10.1. The van der Waals surface area contributed by atoms with E-state index in [4.69, 9.17) is 4.74 Å². The van der Waals surface area contributed by atoms with Crippen molar-refractivity contribution in [2.24, 2.45) is 0 Å². The summed E-state index contributed by atoms with van der Waals surface area (Å²) < 4.78 is 18.9. The zero-order valence-electron chi connectivity index (χ0n) is 12.4. The van der Waals surface area contributed by atoms with Gasteiger partial charge in [0, 0.05) is 31.8 Å². The third-order valence-corrected chi connectivity index (χ3v) is 3.27. The fourth-order valence-electron chi connectivity index (χ4n) is 1.92. The van der Waals surface area contributed by atoms with E-state index in [0.29, 0.717) is 13.2 Å². The van der Waals surface area contributed by atoms with Crippen molar-refractivity contribution in [1.82, 2.24) is 10.2 Å². The SMILES string of the molecule is CCNCc1ccc(F)c(CN(C)C(C)COC)c1. The van der Waals surface area contributed by atoms with Crippen LogP contribution in [0.2, 0.25) is 0 Å². The highest BCUT2D eigenvalue weighted by molar-refractivity contribution is 5.25. The monoisotopic (exact) mass is 268 g/mol. The van der Waals surface area contributed by atoms with E-state index >= 15 is 0 Å². The van der Waals surface area contributed by atoms with Crippen LogP contribution in [0.15, 0.2) is 18.2 Å². The summed E-state index contributed by atoms with van der Waals surface area (Å²) in [5.41, 5.74) is 1.85. The highest BCUT2D eigenvalue weighted by Gasteiger charge is 2.12. The summed E-state index contributed by atoms with van der Waals surface area (Å²) in [6, 6.07) is 5.59. The maximum atomic E-state index is 13.8. The van der Waals surface area contributed by atoms with Gasteiger partial charge >= 0.3 is 0 Å². The quantitative estimate of drug-likeness (QED) is 0.783. The summed E-state index contributed by atoms with van der Waals surface area (Å²) in [5, 5.41) is 3.25. The molecule has 4 heteroatoms. The number of halogens is 1. The Labute approximate surface area is 115 Å². The van der Waals surface area contributed by atoms with Gasteiger partial charge in [0.15, 0.2) is 0 Å². The van der Waals surface area contributed by atoms with Crippen molar-refractivity contribution in [1.29, 1.82) is 0 Å². The van der Waals surface area contributed by atoms with Gasteiger partial charge in [0.1, 0.15) is 5.82 Å². The normalized spacial score (nSPS) is 12.9. The van der Waals surface area contributed by atoms with Crippen LogP contribution in [0.4, 0.5) is 4.39 Å². The van der Waals surface area contributed by atoms with Gasteiger partial charge in [0.2, 0.25) is 0 Å². The fraction of sp³-hybridized carbons (Fsp3) is 0.600. The van der Waals surface area contributed by atoms with Crippen LogP contribution in [0, 0.1) is 5.82 Å². The van der Waals surface area contributed by atoms with Gasteiger partial charge < -0.3 is 10.1 Å². The van der Waals surface area contributed by atoms with Gasteiger partial charge in [-0.3, -0.25) is 4.90 Å². The van der Waals surface area contributed by atoms with Gasteiger partial charge in [0.05, 0.1) is 6.61 Å². The molecule has 0 saturated carbocycles. The molecule has 0 aliphatic heterocycles. The molecule has 0 fully saturated rings. The molecule has 19 heavy (non-hydrogen) atoms. The number of benzene rings is 1. The van der Waals surface area contributed by atoms with Gasteiger partial charge in [0.25, 0.3) is 0 Å². The van der Waals surface area contributed by atoms with Crippen molar-refractivity contribution in [3.63, 3.8) is 0 Å². The second-order valence-electron chi connectivity index (χ2n) is 4.93. The first kappa shape index (κ1) is 16.1. The minimum Gasteiger partial charge on any atom is -0.383 e. The minimum atomic E-state index is -0.142. The lowest BCUT2D eigenvalue weighted by Crippen LogP contribution is -2.32. The first-order valence-corrected chi connectivity index (χ1v) is 6.75. The summed E-state index contributed by atoms with van der Waals surface area (Å²) in [6.07, 6.45) is 0. The van der Waals surface area contributed by atoms with Crippen LogP contribution < -0.4 is 5.32 Å². The van der Waals surface area contributed by atoms with Crippen molar-refractivity contribution in [3.8, 4) is 0 Å². The second kappa shape index (κ2) is 8.25. The van der Waals surface area contributed by atoms with E-state index in [0.717, 1.165) is 24.2 Å². The Morgan fingerprint density at radius 2 is 2.16 bits per heavy atom. The van der Waals surface area contributed by atoms with Gasteiger partial charge in [-0.1, -0.05) is 19.1 Å². The number of likely N-dealkylation sites (N-methyl/N-ethyl adjacent to an activating group) is 1. The van der Waals surface area contributed by atoms with Crippen molar-refractivity contribution in [2.45, 2.75) is 33.0 Å². The molecule has 1 rings (SSSR count). The van der Waals surface area contributed by atoms with Crippen LogP contribution >= 0.6 is 0 Å². The van der Waals surface area contributed by atoms with Gasteiger partial charge in [-0.25, -0.2) is 4.39 Å². The molecule has 1 aromatic carbocycles. The minimum absolute atomic E-state index is 0.142. The maximum Gasteiger partial charge on any atom is 0.127 e. The van der Waals surface area contributed by atoms with Gasteiger partial charge in [-0.15, -0.1) is 0 Å². The van der Waals surface area contributed by atoms with Gasteiger partial charge in [-0.2, -0.15) is 0 Å². The molecule has 0 saturated heterocycles. The molecule has 0 aliphatic carbocycles. The number of rotatable bonds is 8. The highest BCUT2D eigenvalue weighted by Crippen LogP contribution is 2.14. The zero-order chi connectivity index (χ0) is 14.3. The Morgan fingerprint density at radius 1 is 1.42 bits per heavy atom. The van der Waals surface area contributed by atoms with Crippen LogP contribution in [-0.2, 0) is 17.8 Å². The molecule has 1 atom stereocenters. The number of hydrogen-bond acceptors (Lipinski definition) is 3. The van der Waals surface area contributed by atoms with E-state index in [9.17, 15) is 4.39 Å². The summed E-state index contributed by atoms with van der Waals surface area (Å²) in [7, 11) is 3.67. The standard InChI is InChI=1S/C15H25FN2O/c1-5-17-9-13-6-7-15(16)14(8-13)10-18(3)12(2)11-19-4/h6-8,12,17H,5,9-11H2,1-4H3. The summed E-state index contributed by atoms with van der Waals surface area (Å²) >= 11 is 0. The molecule has 0 aromatic heterocycles. The summed E-state index contributed by atoms with van der Waals surface area (Å²) in [5.74, 6) is -0.142. The zero-order valence-corrected chi connectivity index (χ0v) is 12.4. The molecule has 1 aromatic rings. The van der Waals surface area contributed by atoms with E-state index < -0.39 is 0 Å². The van der Waals surface area contributed by atoms with Crippen LogP contribution in [0.3, 0.4) is 0 Å². The first-order chi connectivity index (χ1) is 9.08. The maximum absolute atomic E-state index is 13.8. The van der Waals surface area contributed by atoms with Crippen LogP contribution in [-0.4, -0.2) is 38.3 Å². The Balaban J connectivity index is 2.70. The van der Waals surface area contributed by atoms with Crippen molar-refractivity contribution >= 4 is 0 Å². The Kier molecular flexibility index (Phi) is 6.99. The average molecular weight is 268 g/mol. The van der Waals surface area contributed by atoms with Crippen LogP contribution in [0.5, 0.6) is 0 Å². The fourth-order valence-corrected chi connectivity index (χ4v) is 1.92. The number of hydrogen-bond donors (Lipinski definition) is 1. The van der Waals surface area contributed by atoms with E-state index in [2.05, 4.69) is 24.1 Å². The molecule has 108 valence electrons. The molecule has 0 aliphatic rings. The molecule has 0 bridgehead atoms. The Hall–Kier alpha value is -0.970. The number of nitrogens with one attached hydrogen (secondary N) is 1. The molecular weight excluding hydrogens is 243 g/mol. The number of methoxy groups -OCH3 is 1. The van der Waals surface area contributed by atoms with Gasteiger partial charge in [-0.05, 0) is 32.1 Å². The highest BCUT2D eigenvalue weighted by atomic mass is 19.1. The molecule has 0 heterocycles. The largest absolute Gasteiger partial charge is 0.383 e. The predicted molar refractivity (Wildman–Crippen MR) is 76.6 cm³/mol. The molecule has 1 unspecified atom stereocenters. The molecule has 0 amide bonds. The Bertz CT molecular complexity index is 384. The topological polar surface area (TPSA) is 24.5 Å². The van der Waals surface area contributed by atoms with E-state index in [-0.39, 0.29) is 11.9 Å². The summed E-state index contributed by atoms with van der Waals surface area (Å²) in [4.78, 5) is 2.10. The number of nitrogens with zero attached hydrogens (tertiary/aromatic N) is 1. The van der Waals surface area contributed by atoms with Crippen molar-refractivity contribution in [3.05, 3.63) is 35.1 Å². The molecule has 0 radical (unpaired) electrons.